The molecule has 7 nitrogen and oxygen atoms in total. The molecule has 1 aliphatic carbocycles. The van der Waals surface area contributed by atoms with Crippen molar-refractivity contribution in [2.75, 3.05) is 0 Å². The van der Waals surface area contributed by atoms with Gasteiger partial charge in [-0.05, 0) is 41.9 Å². The van der Waals surface area contributed by atoms with Crippen LogP contribution < -0.4 is 10.6 Å². The lowest BCUT2D eigenvalue weighted by Gasteiger charge is -2.28. The number of ether oxygens (including phenoxy) is 1. The van der Waals surface area contributed by atoms with Gasteiger partial charge in [0.25, 0.3) is 0 Å². The number of aromatic nitrogens is 2. The number of alkyl carbamates (subject to hydrolysis) is 1. The third kappa shape index (κ3) is 5.73. The van der Waals surface area contributed by atoms with Gasteiger partial charge in [0.15, 0.2) is 0 Å². The molecule has 0 spiro atoms. The summed E-state index contributed by atoms with van der Waals surface area (Å²) in [6.07, 6.45) is 0.375. The van der Waals surface area contributed by atoms with E-state index in [1.54, 1.807) is 4.68 Å². The number of benzene rings is 2. The van der Waals surface area contributed by atoms with E-state index in [4.69, 9.17) is 4.74 Å². The molecule has 0 radical (unpaired) electrons. The molecule has 4 atom stereocenters. The molecule has 2 aromatic carbocycles. The average Bonchev–Trinajstić information content (AvgIpc) is 3.46. The highest BCUT2D eigenvalue weighted by molar-refractivity contribution is 5.79. The zero-order valence-corrected chi connectivity index (χ0v) is 20.8. The number of nitrogens with one attached hydrogen (secondary N) is 2. The SMILES string of the molecule is Cc1cc(CNC(=O)C(C)C2C[C@@]2(C)C(NC(=O)OCc2ccccc2)c2ccccc2)nn1C. The van der Waals surface area contributed by atoms with E-state index in [0.29, 0.717) is 6.54 Å². The molecule has 1 aromatic heterocycles. The highest BCUT2D eigenvalue weighted by atomic mass is 16.5. The highest BCUT2D eigenvalue weighted by Crippen LogP contribution is 2.63. The Labute approximate surface area is 206 Å². The molecule has 0 aliphatic heterocycles. The number of hydrogen-bond acceptors (Lipinski definition) is 4. The first kappa shape index (κ1) is 24.5. The maximum absolute atomic E-state index is 13.0. The predicted octanol–water partition coefficient (Wildman–Crippen LogP) is 4.67. The van der Waals surface area contributed by atoms with Crippen LogP contribution in [0.2, 0.25) is 0 Å². The summed E-state index contributed by atoms with van der Waals surface area (Å²) in [5.74, 6) is -0.0637. The van der Waals surface area contributed by atoms with Crippen LogP contribution in [0.25, 0.3) is 0 Å². The van der Waals surface area contributed by atoms with E-state index in [1.807, 2.05) is 87.6 Å². The molecule has 1 saturated carbocycles. The Bertz CT molecular complexity index is 1140. The minimum atomic E-state index is -0.461. The first-order valence-corrected chi connectivity index (χ1v) is 12.1. The summed E-state index contributed by atoms with van der Waals surface area (Å²) in [6, 6.07) is 21.2. The zero-order valence-electron chi connectivity index (χ0n) is 20.8. The smallest absolute Gasteiger partial charge is 0.407 e. The Morgan fingerprint density at radius 3 is 2.43 bits per heavy atom. The van der Waals surface area contributed by atoms with E-state index in [2.05, 4.69) is 22.7 Å². The standard InChI is InChI=1S/C28H34N4O3/c1-19-15-23(31-32(19)4)17-29-26(33)20(2)24-16-28(24,3)25(22-13-9-6-10-14-22)30-27(34)35-18-21-11-7-5-8-12-21/h5-15,20,24-25H,16-18H2,1-4H3,(H,29,33)(H,30,34)/t20?,24?,25?,28-/m1/s1. The van der Waals surface area contributed by atoms with Gasteiger partial charge in [-0.2, -0.15) is 5.10 Å². The van der Waals surface area contributed by atoms with Gasteiger partial charge in [-0.1, -0.05) is 74.5 Å². The van der Waals surface area contributed by atoms with E-state index >= 15 is 0 Å². The van der Waals surface area contributed by atoms with Gasteiger partial charge in [0, 0.05) is 18.7 Å². The summed E-state index contributed by atoms with van der Waals surface area (Å²) in [4.78, 5) is 25.7. The van der Waals surface area contributed by atoms with E-state index in [1.165, 1.54) is 0 Å². The van der Waals surface area contributed by atoms with Crippen molar-refractivity contribution in [1.82, 2.24) is 20.4 Å². The number of rotatable bonds is 9. The third-order valence-corrected chi connectivity index (χ3v) is 7.24. The zero-order chi connectivity index (χ0) is 25.0. The molecule has 0 saturated heterocycles. The molecule has 1 heterocycles. The van der Waals surface area contributed by atoms with Crippen LogP contribution in [0.5, 0.6) is 0 Å². The monoisotopic (exact) mass is 474 g/mol. The van der Waals surface area contributed by atoms with Crippen molar-refractivity contribution < 1.29 is 14.3 Å². The molecule has 2 N–H and O–H groups in total. The van der Waals surface area contributed by atoms with Crippen molar-refractivity contribution in [2.24, 2.45) is 24.3 Å². The van der Waals surface area contributed by atoms with Crippen LogP contribution in [0.4, 0.5) is 4.79 Å². The summed E-state index contributed by atoms with van der Waals surface area (Å²) in [5.41, 5.74) is 3.57. The average molecular weight is 475 g/mol. The second-order valence-electron chi connectivity index (χ2n) is 9.77. The second kappa shape index (κ2) is 10.3. The van der Waals surface area contributed by atoms with Gasteiger partial charge in [-0.25, -0.2) is 4.79 Å². The van der Waals surface area contributed by atoms with Crippen molar-refractivity contribution in [3.05, 3.63) is 89.2 Å². The van der Waals surface area contributed by atoms with Crippen molar-refractivity contribution in [3.63, 3.8) is 0 Å². The number of carbonyl (C=O) groups is 2. The van der Waals surface area contributed by atoms with Crippen LogP contribution in [0.1, 0.15) is 48.8 Å². The van der Waals surface area contributed by atoms with Gasteiger partial charge in [0.1, 0.15) is 6.61 Å². The molecule has 4 rings (SSSR count). The van der Waals surface area contributed by atoms with Crippen molar-refractivity contribution in [2.45, 2.75) is 46.4 Å². The molecule has 1 aliphatic rings. The topological polar surface area (TPSA) is 85.2 Å². The Kier molecular flexibility index (Phi) is 7.24. The van der Waals surface area contributed by atoms with Crippen molar-refractivity contribution in [1.29, 1.82) is 0 Å². The predicted molar refractivity (Wildman–Crippen MR) is 134 cm³/mol. The highest BCUT2D eigenvalue weighted by Gasteiger charge is 2.59. The van der Waals surface area contributed by atoms with Gasteiger partial charge >= 0.3 is 6.09 Å². The Morgan fingerprint density at radius 2 is 1.80 bits per heavy atom. The van der Waals surface area contributed by atoms with Crippen molar-refractivity contribution in [3.8, 4) is 0 Å². The summed E-state index contributed by atoms with van der Waals surface area (Å²) >= 11 is 0. The minimum Gasteiger partial charge on any atom is -0.445 e. The van der Waals surface area contributed by atoms with Gasteiger partial charge in [-0.3, -0.25) is 9.48 Å². The fourth-order valence-corrected chi connectivity index (χ4v) is 4.89. The molecule has 184 valence electrons. The quantitative estimate of drug-likeness (QED) is 0.472. The summed E-state index contributed by atoms with van der Waals surface area (Å²) < 4.78 is 7.31. The van der Waals surface area contributed by atoms with Crippen molar-refractivity contribution >= 4 is 12.0 Å². The number of nitrogens with zero attached hydrogens (tertiary/aromatic N) is 2. The maximum Gasteiger partial charge on any atom is 0.407 e. The summed E-state index contributed by atoms with van der Waals surface area (Å²) in [7, 11) is 1.89. The fourth-order valence-electron chi connectivity index (χ4n) is 4.89. The molecule has 35 heavy (non-hydrogen) atoms. The number of hydrogen-bond donors (Lipinski definition) is 2. The van der Waals surface area contributed by atoms with Crippen LogP contribution in [-0.2, 0) is 29.7 Å². The van der Waals surface area contributed by atoms with E-state index in [9.17, 15) is 9.59 Å². The molecule has 2 amide bonds. The second-order valence-corrected chi connectivity index (χ2v) is 9.77. The normalized spacial score (nSPS) is 20.5. The first-order valence-electron chi connectivity index (χ1n) is 12.1. The number of aryl methyl sites for hydroxylation is 2. The van der Waals surface area contributed by atoms with Gasteiger partial charge < -0.3 is 15.4 Å². The molecule has 0 bridgehead atoms. The third-order valence-electron chi connectivity index (χ3n) is 7.24. The lowest BCUT2D eigenvalue weighted by Crippen LogP contribution is -2.37. The molecule has 3 unspecified atom stereocenters. The van der Waals surface area contributed by atoms with E-state index in [0.717, 1.165) is 28.9 Å². The molecule has 1 fully saturated rings. The van der Waals surface area contributed by atoms with Gasteiger partial charge in [0.2, 0.25) is 5.91 Å². The summed E-state index contributed by atoms with van der Waals surface area (Å²) in [6.45, 7) is 6.70. The van der Waals surface area contributed by atoms with E-state index in [-0.39, 0.29) is 35.8 Å². The number of carbonyl (C=O) groups excluding carboxylic acids is 2. The Morgan fingerprint density at radius 1 is 1.14 bits per heavy atom. The first-order chi connectivity index (χ1) is 16.8. The van der Waals surface area contributed by atoms with Crippen LogP contribution in [-0.4, -0.2) is 21.8 Å². The molecular weight excluding hydrogens is 440 g/mol. The van der Waals surface area contributed by atoms with Crippen LogP contribution in [0.3, 0.4) is 0 Å². The van der Waals surface area contributed by atoms with Crippen LogP contribution >= 0.6 is 0 Å². The Hall–Kier alpha value is -3.61. The lowest BCUT2D eigenvalue weighted by molar-refractivity contribution is -0.125. The number of amides is 2. The minimum absolute atomic E-state index is 0.000460. The molecular formula is C28H34N4O3. The van der Waals surface area contributed by atoms with Crippen LogP contribution in [0.15, 0.2) is 66.7 Å². The largest absolute Gasteiger partial charge is 0.445 e. The summed E-state index contributed by atoms with van der Waals surface area (Å²) in [5, 5.41) is 10.5. The van der Waals surface area contributed by atoms with Gasteiger partial charge in [-0.15, -0.1) is 0 Å². The fraction of sp³-hybridized carbons (Fsp3) is 0.393. The van der Waals surface area contributed by atoms with Gasteiger partial charge in [0.05, 0.1) is 18.3 Å². The molecule has 3 aromatic rings. The van der Waals surface area contributed by atoms with E-state index < -0.39 is 6.09 Å². The van der Waals surface area contributed by atoms with Crippen LogP contribution in [0, 0.1) is 24.2 Å². The lowest BCUT2D eigenvalue weighted by atomic mass is 9.86. The molecule has 7 heteroatoms. The Balaban J connectivity index is 1.40. The maximum atomic E-state index is 13.0.